The van der Waals surface area contributed by atoms with Gasteiger partial charge in [-0.05, 0) is 30.3 Å². The van der Waals surface area contributed by atoms with Crippen LogP contribution in [0.2, 0.25) is 0 Å². The molecule has 10 heteroatoms. The molecule has 0 spiro atoms. The zero-order valence-corrected chi connectivity index (χ0v) is 20.2. The molecule has 1 fully saturated rings. The molecule has 38 heavy (non-hydrogen) atoms. The monoisotopic (exact) mass is 523 g/mol. The molecule has 2 N–H and O–H groups in total. The van der Waals surface area contributed by atoms with E-state index in [1.165, 1.54) is 18.2 Å². The molecule has 3 aromatic rings. The van der Waals surface area contributed by atoms with E-state index in [1.807, 2.05) is 0 Å². The fraction of sp³-hybridized carbons (Fsp3) is 0.250. The first kappa shape index (κ1) is 25.5. The Morgan fingerprint density at radius 1 is 0.868 bits per heavy atom. The molecule has 0 unspecified atom stereocenters. The molecule has 1 heterocycles. The van der Waals surface area contributed by atoms with Crippen LogP contribution in [0.25, 0.3) is 0 Å². The number of hydrogen-bond donors (Lipinski definition) is 2. The second-order valence-electron chi connectivity index (χ2n) is 9.09. The Hall–Kier alpha value is -4.18. The third-order valence-electron chi connectivity index (χ3n) is 6.84. The fourth-order valence-corrected chi connectivity index (χ4v) is 4.95. The maximum atomic E-state index is 13.6. The van der Waals surface area contributed by atoms with Crippen LogP contribution in [-0.2, 0) is 6.18 Å². The molecular formula is C28H24F3N3O4. The van der Waals surface area contributed by atoms with Crippen molar-refractivity contribution in [3.05, 3.63) is 94.0 Å². The fourth-order valence-electron chi connectivity index (χ4n) is 4.95. The molecule has 2 aliphatic rings. The van der Waals surface area contributed by atoms with Crippen LogP contribution in [0.3, 0.4) is 0 Å². The Balaban J connectivity index is 1.42. The molecule has 7 nitrogen and oxygen atoms in total. The van der Waals surface area contributed by atoms with Gasteiger partial charge in [-0.25, -0.2) is 0 Å². The number of anilines is 2. The smallest absolute Gasteiger partial charge is 0.395 e. The second-order valence-corrected chi connectivity index (χ2v) is 9.09. The lowest BCUT2D eigenvalue weighted by Gasteiger charge is -2.37. The number of nitrogens with zero attached hydrogens (tertiary/aromatic N) is 2. The topological polar surface area (TPSA) is 90.0 Å². The van der Waals surface area contributed by atoms with E-state index in [0.29, 0.717) is 24.3 Å². The Kier molecular flexibility index (Phi) is 6.66. The van der Waals surface area contributed by atoms with Crippen molar-refractivity contribution in [1.82, 2.24) is 4.90 Å². The Bertz CT molecular complexity index is 1430. The number of aliphatic hydroxyl groups is 1. The first-order chi connectivity index (χ1) is 18.2. The molecule has 0 atom stereocenters. The van der Waals surface area contributed by atoms with E-state index in [0.717, 1.165) is 12.1 Å². The molecule has 5 rings (SSSR count). The van der Waals surface area contributed by atoms with Crippen LogP contribution < -0.4 is 10.2 Å². The Labute approximate surface area is 216 Å². The number of benzene rings is 3. The lowest BCUT2D eigenvalue weighted by atomic mass is 9.82. The zero-order chi connectivity index (χ0) is 27.0. The highest BCUT2D eigenvalue weighted by molar-refractivity contribution is 6.31. The van der Waals surface area contributed by atoms with Crippen molar-refractivity contribution in [3.8, 4) is 0 Å². The van der Waals surface area contributed by atoms with Gasteiger partial charge in [0.25, 0.3) is 5.91 Å². The third-order valence-corrected chi connectivity index (χ3v) is 6.84. The van der Waals surface area contributed by atoms with Gasteiger partial charge in [0.1, 0.15) is 0 Å². The van der Waals surface area contributed by atoms with Crippen molar-refractivity contribution in [3.63, 3.8) is 0 Å². The van der Waals surface area contributed by atoms with Crippen molar-refractivity contribution < 1.29 is 32.7 Å². The van der Waals surface area contributed by atoms with Crippen molar-refractivity contribution >= 4 is 28.8 Å². The SMILES string of the molecule is O=C1c2ccccc2C(=O)c2c1ccc(C(=O)N1CCN(c3cccc(C(F)(F)F)c3)CC1)c2NCCO. The average Bonchev–Trinajstić information content (AvgIpc) is 2.93. The van der Waals surface area contributed by atoms with Gasteiger partial charge in [-0.15, -0.1) is 0 Å². The molecule has 1 amide bonds. The second kappa shape index (κ2) is 9.94. The zero-order valence-electron chi connectivity index (χ0n) is 20.2. The summed E-state index contributed by atoms with van der Waals surface area (Å²) in [6.07, 6.45) is -4.45. The minimum atomic E-state index is -4.45. The largest absolute Gasteiger partial charge is 0.416 e. The predicted octanol–water partition coefficient (Wildman–Crippen LogP) is 3.85. The predicted molar refractivity (Wildman–Crippen MR) is 135 cm³/mol. The van der Waals surface area contributed by atoms with E-state index in [1.54, 1.807) is 40.1 Å². The minimum absolute atomic E-state index is 0.0587. The number of carbonyl (C=O) groups is 3. The quantitative estimate of drug-likeness (QED) is 0.413. The summed E-state index contributed by atoms with van der Waals surface area (Å²) in [7, 11) is 0. The maximum Gasteiger partial charge on any atom is 0.416 e. The number of aliphatic hydroxyl groups excluding tert-OH is 1. The van der Waals surface area contributed by atoms with Gasteiger partial charge in [-0.1, -0.05) is 30.3 Å². The van der Waals surface area contributed by atoms with Crippen LogP contribution >= 0.6 is 0 Å². The number of hydrogen-bond acceptors (Lipinski definition) is 6. The van der Waals surface area contributed by atoms with Crippen LogP contribution in [0.15, 0.2) is 60.7 Å². The number of halogens is 3. The first-order valence-corrected chi connectivity index (χ1v) is 12.1. The van der Waals surface area contributed by atoms with E-state index >= 15 is 0 Å². The van der Waals surface area contributed by atoms with E-state index in [4.69, 9.17) is 0 Å². The van der Waals surface area contributed by atoms with E-state index < -0.39 is 11.7 Å². The summed E-state index contributed by atoms with van der Waals surface area (Å²) in [6.45, 7) is 0.946. The summed E-state index contributed by atoms with van der Waals surface area (Å²) in [4.78, 5) is 43.5. The Morgan fingerprint density at radius 2 is 1.55 bits per heavy atom. The summed E-state index contributed by atoms with van der Waals surface area (Å²) < 4.78 is 39.4. The number of nitrogens with one attached hydrogen (secondary N) is 1. The number of alkyl halides is 3. The lowest BCUT2D eigenvalue weighted by molar-refractivity contribution is -0.137. The molecule has 1 saturated heterocycles. The number of carbonyl (C=O) groups excluding carboxylic acids is 3. The van der Waals surface area contributed by atoms with Crippen LogP contribution in [0.4, 0.5) is 24.5 Å². The van der Waals surface area contributed by atoms with Crippen LogP contribution in [0, 0.1) is 0 Å². The number of piperazine rings is 1. The van der Waals surface area contributed by atoms with Gasteiger partial charge in [-0.2, -0.15) is 13.2 Å². The number of amides is 1. The van der Waals surface area contributed by atoms with Gasteiger partial charge in [0.05, 0.1) is 29.0 Å². The number of rotatable bonds is 5. The van der Waals surface area contributed by atoms with Crippen molar-refractivity contribution in [2.24, 2.45) is 0 Å². The van der Waals surface area contributed by atoms with Crippen LogP contribution in [0.5, 0.6) is 0 Å². The maximum absolute atomic E-state index is 13.6. The third kappa shape index (κ3) is 4.51. The summed E-state index contributed by atoms with van der Waals surface area (Å²) in [5.74, 6) is -1.09. The molecule has 0 saturated carbocycles. The molecule has 196 valence electrons. The van der Waals surface area contributed by atoms with E-state index in [9.17, 15) is 32.7 Å². The van der Waals surface area contributed by atoms with Crippen molar-refractivity contribution in [2.75, 3.05) is 49.5 Å². The lowest BCUT2D eigenvalue weighted by Crippen LogP contribution is -2.49. The standard InChI is InChI=1S/C28H24F3N3O4/c29-28(30,31)17-4-3-5-18(16-17)33-11-13-34(14-12-33)27(38)22-9-8-21-23(24(22)32-10-15-35)26(37)20-7-2-1-6-19(20)25(21)36/h1-9,16,32,35H,10-15H2. The molecule has 1 aliphatic heterocycles. The van der Waals surface area contributed by atoms with Crippen LogP contribution in [-0.4, -0.2) is 66.8 Å². The first-order valence-electron chi connectivity index (χ1n) is 12.1. The van der Waals surface area contributed by atoms with Gasteiger partial charge in [0.2, 0.25) is 0 Å². The summed E-state index contributed by atoms with van der Waals surface area (Å²) in [5.41, 5.74) is 0.881. The van der Waals surface area contributed by atoms with E-state index in [-0.39, 0.29) is 71.7 Å². The van der Waals surface area contributed by atoms with Gasteiger partial charge < -0.3 is 20.2 Å². The highest BCUT2D eigenvalue weighted by atomic mass is 19.4. The van der Waals surface area contributed by atoms with Crippen molar-refractivity contribution in [2.45, 2.75) is 6.18 Å². The van der Waals surface area contributed by atoms with Gasteiger partial charge in [0.15, 0.2) is 11.6 Å². The number of fused-ring (bicyclic) bond motifs is 2. The molecular weight excluding hydrogens is 499 g/mol. The molecule has 3 aromatic carbocycles. The minimum Gasteiger partial charge on any atom is -0.395 e. The molecule has 0 radical (unpaired) electrons. The summed E-state index contributed by atoms with van der Waals surface area (Å²) >= 11 is 0. The van der Waals surface area contributed by atoms with Gasteiger partial charge in [-0.3, -0.25) is 14.4 Å². The van der Waals surface area contributed by atoms with Crippen molar-refractivity contribution in [1.29, 1.82) is 0 Å². The highest BCUT2D eigenvalue weighted by Crippen LogP contribution is 2.35. The van der Waals surface area contributed by atoms with Crippen LogP contribution in [0.1, 0.15) is 47.8 Å². The molecule has 0 aromatic heterocycles. The summed E-state index contributed by atoms with van der Waals surface area (Å²) in [6, 6.07) is 14.5. The summed E-state index contributed by atoms with van der Waals surface area (Å²) in [5, 5.41) is 12.4. The highest BCUT2D eigenvalue weighted by Gasteiger charge is 2.35. The Morgan fingerprint density at radius 3 is 2.21 bits per heavy atom. The van der Waals surface area contributed by atoms with Gasteiger partial charge in [0, 0.05) is 55.1 Å². The van der Waals surface area contributed by atoms with Gasteiger partial charge >= 0.3 is 6.18 Å². The normalized spacial score (nSPS) is 15.3. The average molecular weight is 524 g/mol. The molecule has 1 aliphatic carbocycles. The molecule has 0 bridgehead atoms. The number of ketones is 2. The van der Waals surface area contributed by atoms with E-state index in [2.05, 4.69) is 5.32 Å².